The normalized spacial score (nSPS) is 17.1. The molecule has 2 aromatic rings. The summed E-state index contributed by atoms with van der Waals surface area (Å²) >= 11 is 3.18. The van der Waals surface area contributed by atoms with Gasteiger partial charge < -0.3 is 15.8 Å². The summed E-state index contributed by atoms with van der Waals surface area (Å²) in [6.45, 7) is 3.51. The fourth-order valence-corrected chi connectivity index (χ4v) is 4.32. The van der Waals surface area contributed by atoms with E-state index in [0.717, 1.165) is 29.8 Å². The summed E-state index contributed by atoms with van der Waals surface area (Å²) in [7, 11) is 0. The van der Waals surface area contributed by atoms with E-state index in [2.05, 4.69) is 29.4 Å². The van der Waals surface area contributed by atoms with Gasteiger partial charge in [-0.25, -0.2) is 4.98 Å². The van der Waals surface area contributed by atoms with Crippen LogP contribution < -0.4 is 11.1 Å². The number of carbonyl (C=O) groups is 1. The van der Waals surface area contributed by atoms with Gasteiger partial charge in [-0.3, -0.25) is 4.79 Å². The molecule has 0 radical (unpaired) electrons. The molecule has 0 spiro atoms. The molecule has 3 rings (SSSR count). The summed E-state index contributed by atoms with van der Waals surface area (Å²) < 4.78 is 5.32. The van der Waals surface area contributed by atoms with Crippen LogP contribution in [0.1, 0.15) is 24.6 Å². The lowest BCUT2D eigenvalue weighted by Crippen LogP contribution is -2.43. The maximum Gasteiger partial charge on any atom is 0.243 e. The molecule has 1 saturated heterocycles. The molecule has 0 bridgehead atoms. The van der Waals surface area contributed by atoms with Gasteiger partial charge in [0.1, 0.15) is 0 Å². The van der Waals surface area contributed by atoms with Gasteiger partial charge in [-0.1, -0.05) is 6.92 Å². The van der Waals surface area contributed by atoms with Gasteiger partial charge in [0, 0.05) is 23.5 Å². The van der Waals surface area contributed by atoms with Crippen molar-refractivity contribution >= 4 is 33.7 Å². The predicted molar refractivity (Wildman–Crippen MR) is 95.0 cm³/mol. The van der Waals surface area contributed by atoms with E-state index in [1.54, 1.807) is 11.3 Å². The molecule has 3 N–H and O–H groups in total. The molecule has 3 heterocycles. The standard InChI is InChI=1S/C16H21N3O2S2/c1-2-11-3-4-13(23-11)12-9-22-16(18-12)19-15(20)14(17)10-5-7-21-8-6-10/h3-4,9-10,14H,2,5-8,17H2,1H3,(H,18,19,20). The molecule has 23 heavy (non-hydrogen) atoms. The zero-order valence-electron chi connectivity index (χ0n) is 13.1. The Morgan fingerprint density at radius 2 is 2.26 bits per heavy atom. The Bertz CT molecular complexity index is 662. The van der Waals surface area contributed by atoms with Crippen LogP contribution in [0.15, 0.2) is 17.5 Å². The van der Waals surface area contributed by atoms with Gasteiger partial charge in [0.05, 0.1) is 16.6 Å². The van der Waals surface area contributed by atoms with E-state index >= 15 is 0 Å². The van der Waals surface area contributed by atoms with Crippen molar-refractivity contribution in [2.45, 2.75) is 32.2 Å². The van der Waals surface area contributed by atoms with Crippen molar-refractivity contribution in [3.05, 3.63) is 22.4 Å². The Morgan fingerprint density at radius 1 is 1.48 bits per heavy atom. The number of thiazole rings is 1. The third-order valence-electron chi connectivity index (χ3n) is 4.07. The fraction of sp³-hybridized carbons (Fsp3) is 0.500. The molecule has 1 aliphatic heterocycles. The van der Waals surface area contributed by atoms with E-state index in [9.17, 15) is 4.79 Å². The van der Waals surface area contributed by atoms with Gasteiger partial charge in [-0.2, -0.15) is 0 Å². The molecule has 1 atom stereocenters. The summed E-state index contributed by atoms with van der Waals surface area (Å²) in [5, 5.41) is 5.44. The summed E-state index contributed by atoms with van der Waals surface area (Å²) in [5.41, 5.74) is 7.00. The Labute approximate surface area is 143 Å². The van der Waals surface area contributed by atoms with E-state index in [1.807, 2.05) is 5.38 Å². The number of carbonyl (C=O) groups excluding carboxylic acids is 1. The number of aromatic nitrogens is 1. The van der Waals surface area contributed by atoms with Crippen molar-refractivity contribution in [2.24, 2.45) is 11.7 Å². The minimum Gasteiger partial charge on any atom is -0.381 e. The molecule has 5 nitrogen and oxygen atoms in total. The van der Waals surface area contributed by atoms with Crippen LogP contribution in [0.3, 0.4) is 0 Å². The molecule has 1 fully saturated rings. The monoisotopic (exact) mass is 351 g/mol. The minimum atomic E-state index is -0.500. The molecule has 124 valence electrons. The second-order valence-electron chi connectivity index (χ2n) is 5.62. The largest absolute Gasteiger partial charge is 0.381 e. The number of thiophene rings is 1. The van der Waals surface area contributed by atoms with E-state index in [1.165, 1.54) is 16.2 Å². The zero-order chi connectivity index (χ0) is 16.2. The molecule has 1 unspecified atom stereocenters. The Hall–Kier alpha value is -1.28. The number of nitrogens with one attached hydrogen (secondary N) is 1. The lowest BCUT2D eigenvalue weighted by atomic mass is 9.92. The van der Waals surface area contributed by atoms with E-state index < -0.39 is 6.04 Å². The second kappa shape index (κ2) is 7.53. The molecule has 0 saturated carbocycles. The SMILES string of the molecule is CCc1ccc(-c2csc(NC(=O)C(N)C3CCOCC3)n2)s1. The molecule has 7 heteroatoms. The first kappa shape index (κ1) is 16.6. The van der Waals surface area contributed by atoms with Crippen LogP contribution in [0, 0.1) is 5.92 Å². The minimum absolute atomic E-state index is 0.154. The third-order valence-corrected chi connectivity index (χ3v) is 6.08. The van der Waals surface area contributed by atoms with Crippen LogP contribution in [0.25, 0.3) is 10.6 Å². The van der Waals surface area contributed by atoms with Gasteiger partial charge in [0.25, 0.3) is 0 Å². The number of ether oxygens (including phenoxy) is 1. The molecule has 0 aliphatic carbocycles. The lowest BCUT2D eigenvalue weighted by molar-refractivity contribution is -0.119. The van der Waals surface area contributed by atoms with Crippen molar-refractivity contribution in [1.29, 1.82) is 0 Å². The number of nitrogens with zero attached hydrogens (tertiary/aromatic N) is 1. The molecular weight excluding hydrogens is 330 g/mol. The van der Waals surface area contributed by atoms with Crippen molar-refractivity contribution in [2.75, 3.05) is 18.5 Å². The summed E-state index contributed by atoms with van der Waals surface area (Å²) in [6, 6.07) is 3.70. The van der Waals surface area contributed by atoms with Crippen LogP contribution in [-0.4, -0.2) is 30.1 Å². The van der Waals surface area contributed by atoms with Crippen molar-refractivity contribution in [3.63, 3.8) is 0 Å². The molecule has 2 aromatic heterocycles. The van der Waals surface area contributed by atoms with E-state index in [-0.39, 0.29) is 11.8 Å². The highest BCUT2D eigenvalue weighted by atomic mass is 32.1. The summed E-state index contributed by atoms with van der Waals surface area (Å²) in [5.74, 6) is 0.0332. The smallest absolute Gasteiger partial charge is 0.243 e. The Balaban J connectivity index is 1.62. The topological polar surface area (TPSA) is 77.2 Å². The van der Waals surface area contributed by atoms with Gasteiger partial charge in [-0.05, 0) is 37.3 Å². The summed E-state index contributed by atoms with van der Waals surface area (Å²) in [6.07, 6.45) is 2.71. The molecule has 0 aromatic carbocycles. The van der Waals surface area contributed by atoms with E-state index in [0.29, 0.717) is 18.3 Å². The van der Waals surface area contributed by atoms with E-state index in [4.69, 9.17) is 10.5 Å². The van der Waals surface area contributed by atoms with Crippen molar-refractivity contribution in [3.8, 4) is 10.6 Å². The van der Waals surface area contributed by atoms with Gasteiger partial charge >= 0.3 is 0 Å². The van der Waals surface area contributed by atoms with Gasteiger partial charge in [0.15, 0.2) is 5.13 Å². The second-order valence-corrected chi connectivity index (χ2v) is 7.65. The summed E-state index contributed by atoms with van der Waals surface area (Å²) in [4.78, 5) is 19.3. The number of rotatable bonds is 5. The quantitative estimate of drug-likeness (QED) is 0.867. The van der Waals surface area contributed by atoms with Crippen LogP contribution in [0.2, 0.25) is 0 Å². The maximum atomic E-state index is 12.3. The molecular formula is C16H21N3O2S2. The Morgan fingerprint density at radius 3 is 2.96 bits per heavy atom. The number of hydrogen-bond donors (Lipinski definition) is 2. The molecule has 1 aliphatic rings. The average molecular weight is 351 g/mol. The van der Waals surface area contributed by atoms with Crippen LogP contribution in [0.5, 0.6) is 0 Å². The predicted octanol–water partition coefficient (Wildman–Crippen LogP) is 3.13. The van der Waals surface area contributed by atoms with Crippen LogP contribution in [-0.2, 0) is 16.0 Å². The van der Waals surface area contributed by atoms with Crippen LogP contribution >= 0.6 is 22.7 Å². The highest BCUT2D eigenvalue weighted by molar-refractivity contribution is 7.17. The van der Waals surface area contributed by atoms with Gasteiger partial charge in [-0.15, -0.1) is 22.7 Å². The van der Waals surface area contributed by atoms with Crippen LogP contribution in [0.4, 0.5) is 5.13 Å². The highest BCUT2D eigenvalue weighted by Gasteiger charge is 2.27. The zero-order valence-corrected chi connectivity index (χ0v) is 14.7. The highest BCUT2D eigenvalue weighted by Crippen LogP contribution is 2.31. The maximum absolute atomic E-state index is 12.3. The first-order chi connectivity index (χ1) is 11.2. The van der Waals surface area contributed by atoms with Crippen molar-refractivity contribution in [1.82, 2.24) is 4.98 Å². The first-order valence-electron chi connectivity index (χ1n) is 7.86. The van der Waals surface area contributed by atoms with Gasteiger partial charge in [0.2, 0.25) is 5.91 Å². The number of aryl methyl sites for hydroxylation is 1. The average Bonchev–Trinajstić information content (AvgIpc) is 3.23. The molecule has 1 amide bonds. The first-order valence-corrected chi connectivity index (χ1v) is 9.55. The number of anilines is 1. The number of hydrogen-bond acceptors (Lipinski definition) is 6. The van der Waals surface area contributed by atoms with Crippen molar-refractivity contribution < 1.29 is 9.53 Å². The Kier molecular flexibility index (Phi) is 5.42. The number of nitrogens with two attached hydrogens (primary N) is 1. The number of amides is 1. The lowest BCUT2D eigenvalue weighted by Gasteiger charge is -2.26. The fourth-order valence-electron chi connectivity index (χ4n) is 2.63. The third kappa shape index (κ3) is 3.98.